The summed E-state index contributed by atoms with van der Waals surface area (Å²) in [6, 6.07) is 5.28. The van der Waals surface area contributed by atoms with E-state index in [0.29, 0.717) is 16.9 Å². The topological polar surface area (TPSA) is 56.7 Å². The first-order valence-electron chi connectivity index (χ1n) is 5.15. The molecule has 0 fully saturated rings. The molecule has 0 saturated carbocycles. The molecule has 6 heteroatoms. The maximum atomic E-state index is 13.9. The lowest BCUT2D eigenvalue weighted by atomic mass is 10.1. The van der Waals surface area contributed by atoms with Crippen LogP contribution in [0.5, 0.6) is 0 Å². The van der Waals surface area contributed by atoms with Gasteiger partial charge in [0.25, 0.3) is 0 Å². The molecule has 0 amide bonds. The van der Waals surface area contributed by atoms with Gasteiger partial charge in [0, 0.05) is 24.9 Å². The van der Waals surface area contributed by atoms with Crippen LogP contribution >= 0.6 is 11.8 Å². The van der Waals surface area contributed by atoms with Crippen molar-refractivity contribution in [3.8, 4) is 0 Å². The molecule has 0 radical (unpaired) electrons. The largest absolute Gasteiger partial charge is 0.326 e. The molecule has 90 valence electrons. The zero-order chi connectivity index (χ0) is 12.3. The van der Waals surface area contributed by atoms with Crippen LogP contribution in [0.15, 0.2) is 29.7 Å². The van der Waals surface area contributed by atoms with Gasteiger partial charge in [-0.2, -0.15) is 0 Å². The van der Waals surface area contributed by atoms with Crippen molar-refractivity contribution in [2.24, 2.45) is 12.8 Å². The minimum absolute atomic E-state index is 0.217. The summed E-state index contributed by atoms with van der Waals surface area (Å²) in [4.78, 5) is 0. The van der Waals surface area contributed by atoms with Gasteiger partial charge in [-0.15, -0.1) is 10.2 Å². The van der Waals surface area contributed by atoms with E-state index in [1.165, 1.54) is 11.8 Å². The molecule has 0 saturated heterocycles. The van der Waals surface area contributed by atoms with Gasteiger partial charge >= 0.3 is 0 Å². The quantitative estimate of drug-likeness (QED) is 0.842. The Morgan fingerprint density at radius 1 is 1.41 bits per heavy atom. The number of rotatable bonds is 4. The number of aryl methyl sites for hydroxylation is 1. The SMILES string of the molecule is Cn1cnnc1SCc1cccc(CN)c1F. The average molecular weight is 252 g/mol. The smallest absolute Gasteiger partial charge is 0.191 e. The van der Waals surface area contributed by atoms with E-state index in [0.717, 1.165) is 5.16 Å². The lowest BCUT2D eigenvalue weighted by molar-refractivity contribution is 0.600. The Balaban J connectivity index is 2.12. The molecule has 2 rings (SSSR count). The summed E-state index contributed by atoms with van der Waals surface area (Å²) in [7, 11) is 1.86. The molecule has 0 aliphatic heterocycles. The van der Waals surface area contributed by atoms with E-state index in [2.05, 4.69) is 10.2 Å². The molecule has 0 spiro atoms. The van der Waals surface area contributed by atoms with Gasteiger partial charge in [-0.1, -0.05) is 30.0 Å². The first kappa shape index (κ1) is 12.1. The van der Waals surface area contributed by atoms with Gasteiger partial charge in [0.05, 0.1) is 0 Å². The van der Waals surface area contributed by atoms with E-state index in [-0.39, 0.29) is 12.4 Å². The van der Waals surface area contributed by atoms with Crippen molar-refractivity contribution in [2.45, 2.75) is 17.5 Å². The highest BCUT2D eigenvalue weighted by Crippen LogP contribution is 2.22. The highest BCUT2D eigenvalue weighted by atomic mass is 32.2. The maximum absolute atomic E-state index is 13.9. The zero-order valence-corrected chi connectivity index (χ0v) is 10.2. The van der Waals surface area contributed by atoms with Crippen LogP contribution in [0.3, 0.4) is 0 Å². The summed E-state index contributed by atoms with van der Waals surface area (Å²) in [6.07, 6.45) is 1.62. The predicted molar refractivity (Wildman–Crippen MR) is 64.9 cm³/mol. The lowest BCUT2D eigenvalue weighted by Gasteiger charge is -2.06. The molecule has 0 bridgehead atoms. The summed E-state index contributed by atoms with van der Waals surface area (Å²) >= 11 is 1.45. The third-order valence-corrected chi connectivity index (χ3v) is 3.49. The van der Waals surface area contributed by atoms with Gasteiger partial charge in [0.2, 0.25) is 0 Å². The highest BCUT2D eigenvalue weighted by molar-refractivity contribution is 7.98. The van der Waals surface area contributed by atoms with Crippen molar-refractivity contribution in [3.63, 3.8) is 0 Å². The molecule has 1 aromatic heterocycles. The molecular weight excluding hydrogens is 239 g/mol. The van der Waals surface area contributed by atoms with Gasteiger partial charge in [-0.25, -0.2) is 4.39 Å². The third kappa shape index (κ3) is 2.65. The van der Waals surface area contributed by atoms with Gasteiger partial charge in [0.15, 0.2) is 5.16 Å². The van der Waals surface area contributed by atoms with Gasteiger partial charge in [-0.05, 0) is 5.56 Å². The standard InChI is InChI=1S/C11H13FN4S/c1-16-7-14-15-11(16)17-6-9-4-2-3-8(5-13)10(9)12/h2-4,7H,5-6,13H2,1H3. The van der Waals surface area contributed by atoms with E-state index in [4.69, 9.17) is 5.73 Å². The van der Waals surface area contributed by atoms with Crippen molar-refractivity contribution in [2.75, 3.05) is 0 Å². The molecule has 0 aliphatic rings. The zero-order valence-electron chi connectivity index (χ0n) is 9.43. The molecule has 0 unspecified atom stereocenters. The second-order valence-corrected chi connectivity index (χ2v) is 4.55. The van der Waals surface area contributed by atoms with Crippen LogP contribution in [-0.4, -0.2) is 14.8 Å². The number of thioether (sulfide) groups is 1. The summed E-state index contributed by atoms with van der Waals surface area (Å²) in [5.74, 6) is 0.302. The fourth-order valence-corrected chi connectivity index (χ4v) is 2.31. The normalized spacial score (nSPS) is 10.8. The molecule has 17 heavy (non-hydrogen) atoms. The number of hydrogen-bond acceptors (Lipinski definition) is 4. The number of aromatic nitrogens is 3. The Morgan fingerprint density at radius 3 is 2.82 bits per heavy atom. The van der Waals surface area contributed by atoms with Crippen LogP contribution in [0.1, 0.15) is 11.1 Å². The average Bonchev–Trinajstić information content (AvgIpc) is 2.74. The van der Waals surface area contributed by atoms with Crippen molar-refractivity contribution in [1.82, 2.24) is 14.8 Å². The summed E-state index contributed by atoms with van der Waals surface area (Å²) in [6.45, 7) is 0.217. The molecular formula is C11H13FN4S. The van der Waals surface area contributed by atoms with Crippen molar-refractivity contribution < 1.29 is 4.39 Å². The highest BCUT2D eigenvalue weighted by Gasteiger charge is 2.08. The van der Waals surface area contributed by atoms with Crippen LogP contribution in [-0.2, 0) is 19.3 Å². The lowest BCUT2D eigenvalue weighted by Crippen LogP contribution is -2.02. The molecule has 2 N–H and O–H groups in total. The number of nitrogens with two attached hydrogens (primary N) is 1. The van der Waals surface area contributed by atoms with Crippen molar-refractivity contribution in [1.29, 1.82) is 0 Å². The van der Waals surface area contributed by atoms with E-state index in [9.17, 15) is 4.39 Å². The van der Waals surface area contributed by atoms with Crippen LogP contribution in [0.2, 0.25) is 0 Å². The van der Waals surface area contributed by atoms with E-state index < -0.39 is 0 Å². The molecule has 4 nitrogen and oxygen atoms in total. The Labute approximate surface area is 103 Å². The minimum atomic E-state index is -0.218. The second kappa shape index (κ2) is 5.29. The second-order valence-electron chi connectivity index (χ2n) is 3.61. The molecule has 0 atom stereocenters. The number of benzene rings is 1. The Morgan fingerprint density at radius 2 is 2.18 bits per heavy atom. The van der Waals surface area contributed by atoms with Crippen molar-refractivity contribution in [3.05, 3.63) is 41.5 Å². The maximum Gasteiger partial charge on any atom is 0.191 e. The number of hydrogen-bond donors (Lipinski definition) is 1. The van der Waals surface area contributed by atoms with Crippen LogP contribution in [0.25, 0.3) is 0 Å². The molecule has 1 heterocycles. The van der Waals surface area contributed by atoms with Crippen LogP contribution < -0.4 is 5.73 Å². The summed E-state index contributed by atoms with van der Waals surface area (Å²) in [5.41, 5.74) is 6.64. The fourth-order valence-electron chi connectivity index (χ4n) is 1.45. The summed E-state index contributed by atoms with van der Waals surface area (Å²) < 4.78 is 15.7. The van der Waals surface area contributed by atoms with Crippen LogP contribution in [0, 0.1) is 5.82 Å². The fraction of sp³-hybridized carbons (Fsp3) is 0.273. The third-order valence-electron chi connectivity index (χ3n) is 2.41. The van der Waals surface area contributed by atoms with Crippen molar-refractivity contribution >= 4 is 11.8 Å². The van der Waals surface area contributed by atoms with Crippen LogP contribution in [0.4, 0.5) is 4.39 Å². The Kier molecular flexibility index (Phi) is 3.75. The Hall–Kier alpha value is -1.40. The molecule has 0 aliphatic carbocycles. The first-order chi connectivity index (χ1) is 8.22. The van der Waals surface area contributed by atoms with E-state index in [1.807, 2.05) is 13.1 Å². The van der Waals surface area contributed by atoms with E-state index >= 15 is 0 Å². The van der Waals surface area contributed by atoms with Gasteiger partial charge < -0.3 is 10.3 Å². The number of nitrogens with zero attached hydrogens (tertiary/aromatic N) is 3. The predicted octanol–water partition coefficient (Wildman–Crippen LogP) is 1.71. The van der Waals surface area contributed by atoms with Gasteiger partial charge in [0.1, 0.15) is 12.1 Å². The first-order valence-corrected chi connectivity index (χ1v) is 6.14. The molecule has 2 aromatic rings. The number of halogens is 1. The minimum Gasteiger partial charge on any atom is -0.326 e. The van der Waals surface area contributed by atoms with E-state index in [1.54, 1.807) is 23.0 Å². The monoisotopic (exact) mass is 252 g/mol. The van der Waals surface area contributed by atoms with Gasteiger partial charge in [-0.3, -0.25) is 0 Å². The Bertz CT molecular complexity index is 512. The summed E-state index contributed by atoms with van der Waals surface area (Å²) in [5, 5.41) is 8.47. The molecule has 1 aromatic carbocycles.